The van der Waals surface area contributed by atoms with Gasteiger partial charge in [-0.1, -0.05) is 37.6 Å². The minimum atomic E-state index is 0.0276. The molecule has 108 valence electrons. The first-order valence-electron chi connectivity index (χ1n) is 7.25. The second-order valence-corrected chi connectivity index (χ2v) is 5.93. The average Bonchev–Trinajstić information content (AvgIpc) is 2.41. The van der Waals surface area contributed by atoms with E-state index < -0.39 is 0 Å². The SMILES string of the molecule is CCCN(CCC)C(C)(CN)Cc1ccc(Cl)cc1. The summed E-state index contributed by atoms with van der Waals surface area (Å²) in [7, 11) is 0. The molecular formula is C16H27ClN2. The van der Waals surface area contributed by atoms with Crippen molar-refractivity contribution in [1.29, 1.82) is 0 Å². The van der Waals surface area contributed by atoms with E-state index in [9.17, 15) is 0 Å². The zero-order chi connectivity index (χ0) is 14.3. The summed E-state index contributed by atoms with van der Waals surface area (Å²) in [5.41, 5.74) is 7.41. The van der Waals surface area contributed by atoms with Crippen molar-refractivity contribution in [2.24, 2.45) is 5.73 Å². The minimum Gasteiger partial charge on any atom is -0.329 e. The van der Waals surface area contributed by atoms with Crippen molar-refractivity contribution in [3.63, 3.8) is 0 Å². The number of hydrogen-bond acceptors (Lipinski definition) is 2. The summed E-state index contributed by atoms with van der Waals surface area (Å²) in [4.78, 5) is 2.53. The Morgan fingerprint density at radius 1 is 1.11 bits per heavy atom. The van der Waals surface area contributed by atoms with E-state index in [2.05, 4.69) is 37.8 Å². The molecule has 0 radical (unpaired) electrons. The van der Waals surface area contributed by atoms with Crippen LogP contribution in [0.25, 0.3) is 0 Å². The summed E-state index contributed by atoms with van der Waals surface area (Å²) in [6.45, 7) is 9.61. The summed E-state index contributed by atoms with van der Waals surface area (Å²) in [5.74, 6) is 0. The van der Waals surface area contributed by atoms with E-state index >= 15 is 0 Å². The quantitative estimate of drug-likeness (QED) is 0.787. The van der Waals surface area contributed by atoms with Gasteiger partial charge >= 0.3 is 0 Å². The van der Waals surface area contributed by atoms with E-state index in [1.807, 2.05) is 12.1 Å². The molecule has 0 saturated heterocycles. The van der Waals surface area contributed by atoms with Gasteiger partial charge in [-0.25, -0.2) is 0 Å². The molecule has 0 fully saturated rings. The second kappa shape index (κ2) is 7.88. The summed E-state index contributed by atoms with van der Waals surface area (Å²) in [6.07, 6.45) is 3.30. The number of halogens is 1. The highest BCUT2D eigenvalue weighted by Crippen LogP contribution is 2.22. The Hall–Kier alpha value is -0.570. The van der Waals surface area contributed by atoms with Crippen molar-refractivity contribution in [3.8, 4) is 0 Å². The minimum absolute atomic E-state index is 0.0276. The Labute approximate surface area is 122 Å². The van der Waals surface area contributed by atoms with Crippen LogP contribution in [0.15, 0.2) is 24.3 Å². The first kappa shape index (κ1) is 16.5. The molecule has 2 nitrogen and oxygen atoms in total. The Bertz CT molecular complexity index is 358. The van der Waals surface area contributed by atoms with Gasteiger partial charge in [-0.3, -0.25) is 4.90 Å². The van der Waals surface area contributed by atoms with Crippen molar-refractivity contribution in [2.45, 2.75) is 45.6 Å². The Morgan fingerprint density at radius 3 is 2.05 bits per heavy atom. The molecule has 1 atom stereocenters. The van der Waals surface area contributed by atoms with Crippen LogP contribution in [0.5, 0.6) is 0 Å². The lowest BCUT2D eigenvalue weighted by molar-refractivity contribution is 0.110. The molecule has 0 amide bonds. The van der Waals surface area contributed by atoms with Gasteiger partial charge < -0.3 is 5.73 Å². The molecule has 1 rings (SSSR count). The van der Waals surface area contributed by atoms with Gasteiger partial charge in [0, 0.05) is 17.1 Å². The van der Waals surface area contributed by atoms with Crippen LogP contribution in [0.1, 0.15) is 39.2 Å². The molecule has 0 bridgehead atoms. The molecule has 2 N–H and O–H groups in total. The summed E-state index contributed by atoms with van der Waals surface area (Å²) in [6, 6.07) is 8.12. The summed E-state index contributed by atoms with van der Waals surface area (Å²) in [5, 5.41) is 0.789. The highest BCUT2D eigenvalue weighted by molar-refractivity contribution is 6.30. The Balaban J connectivity index is 2.84. The number of rotatable bonds is 8. The maximum Gasteiger partial charge on any atom is 0.0406 e. The van der Waals surface area contributed by atoms with Crippen LogP contribution in [-0.4, -0.2) is 30.1 Å². The molecule has 0 heterocycles. The average molecular weight is 283 g/mol. The van der Waals surface area contributed by atoms with E-state index in [0.717, 1.165) is 37.4 Å². The van der Waals surface area contributed by atoms with E-state index in [1.54, 1.807) is 0 Å². The fraction of sp³-hybridized carbons (Fsp3) is 0.625. The number of benzene rings is 1. The Morgan fingerprint density at radius 2 is 1.63 bits per heavy atom. The van der Waals surface area contributed by atoms with Crippen LogP contribution in [0, 0.1) is 0 Å². The second-order valence-electron chi connectivity index (χ2n) is 5.49. The van der Waals surface area contributed by atoms with Crippen molar-refractivity contribution >= 4 is 11.6 Å². The van der Waals surface area contributed by atoms with Crippen molar-refractivity contribution in [2.75, 3.05) is 19.6 Å². The monoisotopic (exact) mass is 282 g/mol. The number of nitrogens with two attached hydrogens (primary N) is 1. The van der Waals surface area contributed by atoms with Gasteiger partial charge in [0.25, 0.3) is 0 Å². The molecule has 3 heteroatoms. The highest BCUT2D eigenvalue weighted by Gasteiger charge is 2.29. The summed E-state index contributed by atoms with van der Waals surface area (Å²) >= 11 is 5.94. The lowest BCUT2D eigenvalue weighted by Gasteiger charge is -2.41. The molecule has 19 heavy (non-hydrogen) atoms. The maximum atomic E-state index is 6.08. The van der Waals surface area contributed by atoms with Crippen LogP contribution in [0.3, 0.4) is 0 Å². The van der Waals surface area contributed by atoms with E-state index in [4.69, 9.17) is 17.3 Å². The van der Waals surface area contributed by atoms with Gasteiger partial charge in [-0.15, -0.1) is 0 Å². The highest BCUT2D eigenvalue weighted by atomic mass is 35.5. The molecule has 1 aromatic rings. The third kappa shape index (κ3) is 4.79. The van der Waals surface area contributed by atoms with Crippen molar-refractivity contribution in [1.82, 2.24) is 4.90 Å². The molecule has 0 aliphatic rings. The van der Waals surface area contributed by atoms with Crippen LogP contribution < -0.4 is 5.73 Å². The smallest absolute Gasteiger partial charge is 0.0406 e. The molecule has 0 saturated carbocycles. The molecule has 0 aliphatic carbocycles. The normalized spacial score (nSPS) is 14.6. The molecule has 1 unspecified atom stereocenters. The third-order valence-electron chi connectivity index (χ3n) is 3.69. The lowest BCUT2D eigenvalue weighted by Crippen LogP contribution is -2.53. The topological polar surface area (TPSA) is 29.3 Å². The zero-order valence-electron chi connectivity index (χ0n) is 12.5. The first-order chi connectivity index (χ1) is 9.05. The zero-order valence-corrected chi connectivity index (χ0v) is 13.2. The van der Waals surface area contributed by atoms with Gasteiger partial charge in [0.1, 0.15) is 0 Å². The molecular weight excluding hydrogens is 256 g/mol. The predicted octanol–water partition coefficient (Wildman–Crippen LogP) is 3.72. The maximum absolute atomic E-state index is 6.08. The molecule has 0 spiro atoms. The largest absolute Gasteiger partial charge is 0.329 e. The Kier molecular flexibility index (Phi) is 6.84. The van der Waals surface area contributed by atoms with Crippen LogP contribution in [0.4, 0.5) is 0 Å². The lowest BCUT2D eigenvalue weighted by atomic mass is 9.90. The van der Waals surface area contributed by atoms with Crippen LogP contribution in [0.2, 0.25) is 5.02 Å². The van der Waals surface area contributed by atoms with Gasteiger partial charge in [0.2, 0.25) is 0 Å². The van der Waals surface area contributed by atoms with Gasteiger partial charge in [0.05, 0.1) is 0 Å². The van der Waals surface area contributed by atoms with Crippen LogP contribution in [-0.2, 0) is 6.42 Å². The van der Waals surface area contributed by atoms with Gasteiger partial charge in [-0.2, -0.15) is 0 Å². The van der Waals surface area contributed by atoms with Gasteiger partial charge in [0.15, 0.2) is 0 Å². The van der Waals surface area contributed by atoms with Crippen molar-refractivity contribution < 1.29 is 0 Å². The molecule has 0 aliphatic heterocycles. The fourth-order valence-corrected chi connectivity index (χ4v) is 2.67. The standard InChI is InChI=1S/C16H27ClN2/c1-4-10-19(11-5-2)16(3,13-18)12-14-6-8-15(17)9-7-14/h6-9H,4-5,10-13,18H2,1-3H3. The third-order valence-corrected chi connectivity index (χ3v) is 3.94. The number of nitrogens with zero attached hydrogens (tertiary/aromatic N) is 1. The fourth-order valence-electron chi connectivity index (χ4n) is 2.55. The first-order valence-corrected chi connectivity index (χ1v) is 7.63. The van der Waals surface area contributed by atoms with Crippen LogP contribution >= 0.6 is 11.6 Å². The van der Waals surface area contributed by atoms with Crippen molar-refractivity contribution in [3.05, 3.63) is 34.9 Å². The van der Waals surface area contributed by atoms with E-state index in [-0.39, 0.29) is 5.54 Å². The molecule has 1 aromatic carbocycles. The van der Waals surface area contributed by atoms with E-state index in [0.29, 0.717) is 6.54 Å². The molecule has 0 aromatic heterocycles. The number of hydrogen-bond donors (Lipinski definition) is 1. The van der Waals surface area contributed by atoms with Gasteiger partial charge in [-0.05, 0) is 57.0 Å². The summed E-state index contributed by atoms with van der Waals surface area (Å²) < 4.78 is 0. The predicted molar refractivity (Wildman–Crippen MR) is 84.8 cm³/mol. The van der Waals surface area contributed by atoms with E-state index in [1.165, 1.54) is 5.56 Å².